The Balaban J connectivity index is 1.81. The number of hydrogen-bond acceptors (Lipinski definition) is 4. The van der Waals surface area contributed by atoms with Gasteiger partial charge >= 0.3 is 0 Å². The van der Waals surface area contributed by atoms with Crippen LogP contribution in [0, 0.1) is 5.41 Å². The first kappa shape index (κ1) is 14.3. The number of nitrogens with zero attached hydrogens (tertiary/aromatic N) is 1. The standard InChI is InChI=1S/C14H20N2O2S/c1-14(10-17)6-2-3-12(14)16-13(18)9-19-11-4-7-15-8-5-11/h4-5,7-8,12,17H,2-3,6,9-10H2,1H3,(H,16,18). The highest BCUT2D eigenvalue weighted by atomic mass is 32.2. The van der Waals surface area contributed by atoms with Gasteiger partial charge in [0, 0.05) is 28.7 Å². The van der Waals surface area contributed by atoms with E-state index in [1.165, 1.54) is 11.8 Å². The molecular weight excluding hydrogens is 260 g/mol. The molecule has 0 bridgehead atoms. The van der Waals surface area contributed by atoms with Crippen LogP contribution < -0.4 is 5.32 Å². The molecule has 1 amide bonds. The average molecular weight is 280 g/mol. The number of rotatable bonds is 5. The first-order valence-corrected chi connectivity index (χ1v) is 7.56. The monoisotopic (exact) mass is 280 g/mol. The Bertz CT molecular complexity index is 427. The quantitative estimate of drug-likeness (QED) is 0.808. The van der Waals surface area contributed by atoms with Crippen LogP contribution in [-0.4, -0.2) is 34.4 Å². The molecule has 2 rings (SSSR count). The number of aliphatic hydroxyl groups excluding tert-OH is 1. The fourth-order valence-corrected chi connectivity index (χ4v) is 3.18. The SMILES string of the molecule is CC1(CO)CCCC1NC(=O)CSc1ccncc1. The highest BCUT2D eigenvalue weighted by molar-refractivity contribution is 8.00. The Morgan fingerprint density at radius 2 is 2.32 bits per heavy atom. The van der Waals surface area contributed by atoms with E-state index in [1.54, 1.807) is 12.4 Å². The maximum absolute atomic E-state index is 11.9. The van der Waals surface area contributed by atoms with Crippen LogP contribution in [0.25, 0.3) is 0 Å². The third kappa shape index (κ3) is 3.70. The van der Waals surface area contributed by atoms with Crippen molar-refractivity contribution in [3.63, 3.8) is 0 Å². The number of thioether (sulfide) groups is 1. The van der Waals surface area contributed by atoms with Gasteiger partial charge in [0.1, 0.15) is 0 Å². The van der Waals surface area contributed by atoms with E-state index in [4.69, 9.17) is 0 Å². The molecule has 4 nitrogen and oxygen atoms in total. The Labute approximate surface area is 118 Å². The van der Waals surface area contributed by atoms with Gasteiger partial charge in [-0.25, -0.2) is 0 Å². The Kier molecular flexibility index (Phi) is 4.82. The zero-order chi connectivity index (χ0) is 13.7. The molecule has 1 aliphatic rings. The summed E-state index contributed by atoms with van der Waals surface area (Å²) in [6.07, 6.45) is 6.45. The van der Waals surface area contributed by atoms with E-state index in [2.05, 4.69) is 10.3 Å². The lowest BCUT2D eigenvalue weighted by molar-refractivity contribution is -0.120. The van der Waals surface area contributed by atoms with Crippen molar-refractivity contribution in [1.82, 2.24) is 10.3 Å². The zero-order valence-electron chi connectivity index (χ0n) is 11.1. The van der Waals surface area contributed by atoms with Crippen LogP contribution >= 0.6 is 11.8 Å². The lowest BCUT2D eigenvalue weighted by Gasteiger charge is -2.30. The summed E-state index contributed by atoms with van der Waals surface area (Å²) in [5.41, 5.74) is -0.156. The molecule has 2 unspecified atom stereocenters. The van der Waals surface area contributed by atoms with Gasteiger partial charge in [-0.15, -0.1) is 11.8 Å². The van der Waals surface area contributed by atoms with Gasteiger partial charge in [-0.2, -0.15) is 0 Å². The zero-order valence-corrected chi connectivity index (χ0v) is 11.9. The normalized spacial score (nSPS) is 26.3. The predicted molar refractivity (Wildman–Crippen MR) is 75.9 cm³/mol. The van der Waals surface area contributed by atoms with Crippen molar-refractivity contribution in [2.45, 2.75) is 37.1 Å². The lowest BCUT2D eigenvalue weighted by Crippen LogP contribution is -2.45. The summed E-state index contributed by atoms with van der Waals surface area (Å²) < 4.78 is 0. The van der Waals surface area contributed by atoms with Gasteiger partial charge in [-0.05, 0) is 25.0 Å². The molecule has 0 spiro atoms. The van der Waals surface area contributed by atoms with Crippen molar-refractivity contribution in [2.24, 2.45) is 5.41 Å². The molecule has 104 valence electrons. The van der Waals surface area contributed by atoms with E-state index < -0.39 is 0 Å². The second kappa shape index (κ2) is 6.39. The van der Waals surface area contributed by atoms with E-state index in [-0.39, 0.29) is 24.0 Å². The average Bonchev–Trinajstić information content (AvgIpc) is 2.80. The minimum absolute atomic E-state index is 0.0355. The highest BCUT2D eigenvalue weighted by Crippen LogP contribution is 2.37. The molecule has 1 saturated carbocycles. The maximum Gasteiger partial charge on any atom is 0.230 e. The molecule has 2 N–H and O–H groups in total. The van der Waals surface area contributed by atoms with E-state index in [0.29, 0.717) is 5.75 Å². The highest BCUT2D eigenvalue weighted by Gasteiger charge is 2.38. The van der Waals surface area contributed by atoms with Crippen molar-refractivity contribution in [3.8, 4) is 0 Å². The summed E-state index contributed by atoms with van der Waals surface area (Å²) in [6.45, 7) is 2.18. The maximum atomic E-state index is 11.9. The fourth-order valence-electron chi connectivity index (χ4n) is 2.49. The van der Waals surface area contributed by atoms with Crippen molar-refractivity contribution in [3.05, 3.63) is 24.5 Å². The van der Waals surface area contributed by atoms with Crippen LogP contribution in [0.4, 0.5) is 0 Å². The second-order valence-corrected chi connectivity index (χ2v) is 6.34. The second-order valence-electron chi connectivity index (χ2n) is 5.30. The number of carbonyl (C=O) groups is 1. The number of aliphatic hydroxyl groups is 1. The molecule has 0 aliphatic heterocycles. The first-order chi connectivity index (χ1) is 9.14. The summed E-state index contributed by atoms with van der Waals surface area (Å²) in [7, 11) is 0. The summed E-state index contributed by atoms with van der Waals surface area (Å²) in [5, 5.41) is 12.5. The molecule has 19 heavy (non-hydrogen) atoms. The van der Waals surface area contributed by atoms with Gasteiger partial charge in [0.25, 0.3) is 0 Å². The van der Waals surface area contributed by atoms with Crippen LogP contribution in [-0.2, 0) is 4.79 Å². The van der Waals surface area contributed by atoms with E-state index in [0.717, 1.165) is 24.2 Å². The topological polar surface area (TPSA) is 62.2 Å². The van der Waals surface area contributed by atoms with Crippen LogP contribution in [0.5, 0.6) is 0 Å². The number of aromatic nitrogens is 1. The first-order valence-electron chi connectivity index (χ1n) is 6.57. The van der Waals surface area contributed by atoms with Gasteiger partial charge in [0.2, 0.25) is 5.91 Å². The molecule has 1 heterocycles. The molecule has 0 saturated heterocycles. The van der Waals surface area contributed by atoms with Crippen molar-refractivity contribution >= 4 is 17.7 Å². The fraction of sp³-hybridized carbons (Fsp3) is 0.571. The molecule has 2 atom stereocenters. The minimum Gasteiger partial charge on any atom is -0.396 e. The Morgan fingerprint density at radius 3 is 3.00 bits per heavy atom. The number of hydrogen-bond donors (Lipinski definition) is 2. The van der Waals surface area contributed by atoms with E-state index in [9.17, 15) is 9.90 Å². The molecule has 5 heteroatoms. The summed E-state index contributed by atoms with van der Waals surface area (Å²) >= 11 is 1.51. The summed E-state index contributed by atoms with van der Waals surface area (Å²) in [4.78, 5) is 16.9. The van der Waals surface area contributed by atoms with Crippen LogP contribution in [0.2, 0.25) is 0 Å². The predicted octanol–water partition coefficient (Wildman–Crippen LogP) is 1.84. The van der Waals surface area contributed by atoms with Crippen molar-refractivity contribution < 1.29 is 9.90 Å². The van der Waals surface area contributed by atoms with Gasteiger partial charge in [0.15, 0.2) is 0 Å². The minimum atomic E-state index is -0.156. The van der Waals surface area contributed by atoms with Crippen LogP contribution in [0.1, 0.15) is 26.2 Å². The van der Waals surface area contributed by atoms with Crippen LogP contribution in [0.15, 0.2) is 29.4 Å². The number of pyridine rings is 1. The third-order valence-electron chi connectivity index (χ3n) is 3.80. The van der Waals surface area contributed by atoms with Gasteiger partial charge < -0.3 is 10.4 Å². The van der Waals surface area contributed by atoms with E-state index in [1.807, 2.05) is 19.1 Å². The van der Waals surface area contributed by atoms with Gasteiger partial charge in [0.05, 0.1) is 12.4 Å². The molecule has 0 aromatic carbocycles. The molecule has 1 aromatic rings. The Morgan fingerprint density at radius 1 is 1.58 bits per heavy atom. The molecule has 0 radical (unpaired) electrons. The van der Waals surface area contributed by atoms with Crippen LogP contribution in [0.3, 0.4) is 0 Å². The van der Waals surface area contributed by atoms with Crippen molar-refractivity contribution in [1.29, 1.82) is 0 Å². The number of carbonyl (C=O) groups excluding carboxylic acids is 1. The van der Waals surface area contributed by atoms with E-state index >= 15 is 0 Å². The smallest absolute Gasteiger partial charge is 0.230 e. The number of nitrogens with one attached hydrogen (secondary N) is 1. The van der Waals surface area contributed by atoms with Crippen molar-refractivity contribution in [2.75, 3.05) is 12.4 Å². The van der Waals surface area contributed by atoms with Gasteiger partial charge in [-0.3, -0.25) is 9.78 Å². The molecule has 1 aliphatic carbocycles. The summed E-state index contributed by atoms with van der Waals surface area (Å²) in [5.74, 6) is 0.440. The third-order valence-corrected chi connectivity index (χ3v) is 4.81. The molecule has 1 fully saturated rings. The Hall–Kier alpha value is -1.07. The molecule has 1 aromatic heterocycles. The number of amides is 1. The summed E-state index contributed by atoms with van der Waals surface area (Å²) in [6, 6.07) is 3.89. The largest absolute Gasteiger partial charge is 0.396 e. The van der Waals surface area contributed by atoms with Gasteiger partial charge in [-0.1, -0.05) is 13.3 Å². The lowest BCUT2D eigenvalue weighted by atomic mass is 9.86. The molecular formula is C14H20N2O2S.